The number of carbonyl (C=O) groups excluding carboxylic acids is 2. The standard InChI is InChI=1S/C18H29N3O4S/c1-11(2)14-19-13(16(22)24-7)15(26-14)20-8-9-21(12(3)10-20)17(23)25-18(4,5)6/h11-12H,8-10H2,1-7H3/t12-/m1/s1. The number of hydrogen-bond acceptors (Lipinski definition) is 7. The fraction of sp³-hybridized carbons (Fsp3) is 0.722. The van der Waals surface area contributed by atoms with Crippen LogP contribution in [0.5, 0.6) is 0 Å². The second kappa shape index (κ2) is 7.82. The van der Waals surface area contributed by atoms with E-state index in [4.69, 9.17) is 9.47 Å². The average Bonchev–Trinajstić information content (AvgIpc) is 2.97. The van der Waals surface area contributed by atoms with Crippen LogP contribution in [-0.4, -0.2) is 60.3 Å². The van der Waals surface area contributed by atoms with E-state index in [1.54, 1.807) is 4.90 Å². The van der Waals surface area contributed by atoms with Gasteiger partial charge in [-0.25, -0.2) is 14.6 Å². The van der Waals surface area contributed by atoms with Gasteiger partial charge in [-0.05, 0) is 27.7 Å². The molecular weight excluding hydrogens is 354 g/mol. The van der Waals surface area contributed by atoms with Gasteiger partial charge in [-0.3, -0.25) is 0 Å². The summed E-state index contributed by atoms with van der Waals surface area (Å²) in [5.41, 5.74) is -0.158. The molecule has 1 atom stereocenters. The van der Waals surface area contributed by atoms with Crippen LogP contribution in [0.3, 0.4) is 0 Å². The normalized spacial score (nSPS) is 18.2. The predicted molar refractivity (Wildman–Crippen MR) is 102 cm³/mol. The van der Waals surface area contributed by atoms with Crippen LogP contribution >= 0.6 is 11.3 Å². The Balaban J connectivity index is 2.18. The molecule has 1 aliphatic rings. The summed E-state index contributed by atoms with van der Waals surface area (Å²) in [6.07, 6.45) is -0.301. The Morgan fingerprint density at radius 1 is 1.27 bits per heavy atom. The summed E-state index contributed by atoms with van der Waals surface area (Å²) in [5, 5.41) is 1.72. The number of piperazine rings is 1. The van der Waals surface area contributed by atoms with Crippen molar-refractivity contribution in [3.8, 4) is 0 Å². The van der Waals surface area contributed by atoms with E-state index >= 15 is 0 Å². The molecule has 0 aromatic carbocycles. The van der Waals surface area contributed by atoms with E-state index in [2.05, 4.69) is 9.88 Å². The average molecular weight is 384 g/mol. The Hall–Kier alpha value is -1.83. The molecule has 26 heavy (non-hydrogen) atoms. The minimum atomic E-state index is -0.518. The van der Waals surface area contributed by atoms with E-state index in [1.165, 1.54) is 18.4 Å². The minimum Gasteiger partial charge on any atom is -0.464 e. The van der Waals surface area contributed by atoms with Gasteiger partial charge in [-0.2, -0.15) is 0 Å². The molecule has 8 heteroatoms. The molecule has 0 saturated carbocycles. The molecule has 1 saturated heterocycles. The number of ether oxygens (including phenoxy) is 2. The van der Waals surface area contributed by atoms with E-state index in [0.29, 0.717) is 25.3 Å². The lowest BCUT2D eigenvalue weighted by Crippen LogP contribution is -2.55. The van der Waals surface area contributed by atoms with E-state index in [-0.39, 0.29) is 18.1 Å². The first-order valence-electron chi connectivity index (χ1n) is 8.87. The number of anilines is 1. The van der Waals surface area contributed by atoms with E-state index in [1.807, 2.05) is 41.5 Å². The van der Waals surface area contributed by atoms with Crippen LogP contribution in [0.15, 0.2) is 0 Å². The molecule has 2 rings (SSSR count). The highest BCUT2D eigenvalue weighted by Crippen LogP contribution is 2.34. The van der Waals surface area contributed by atoms with Gasteiger partial charge in [0.1, 0.15) is 10.6 Å². The summed E-state index contributed by atoms with van der Waals surface area (Å²) in [4.78, 5) is 32.9. The van der Waals surface area contributed by atoms with Gasteiger partial charge in [0.05, 0.1) is 12.1 Å². The van der Waals surface area contributed by atoms with E-state index in [9.17, 15) is 9.59 Å². The highest BCUT2D eigenvalue weighted by atomic mass is 32.1. The molecule has 1 aliphatic heterocycles. The largest absolute Gasteiger partial charge is 0.464 e. The first kappa shape index (κ1) is 20.5. The summed E-state index contributed by atoms with van der Waals surface area (Å²) in [6.45, 7) is 13.4. The van der Waals surface area contributed by atoms with Crippen molar-refractivity contribution in [3.63, 3.8) is 0 Å². The molecule has 7 nitrogen and oxygen atoms in total. The maximum Gasteiger partial charge on any atom is 0.410 e. The number of esters is 1. The molecule has 0 radical (unpaired) electrons. The molecule has 0 N–H and O–H groups in total. The molecule has 0 unspecified atom stereocenters. The Kier molecular flexibility index (Phi) is 6.16. The van der Waals surface area contributed by atoms with Gasteiger partial charge in [0.25, 0.3) is 0 Å². The number of carbonyl (C=O) groups is 2. The number of aromatic nitrogens is 1. The van der Waals surface area contributed by atoms with Crippen molar-refractivity contribution in [1.82, 2.24) is 9.88 Å². The van der Waals surface area contributed by atoms with Crippen LogP contribution in [0.2, 0.25) is 0 Å². The highest BCUT2D eigenvalue weighted by molar-refractivity contribution is 7.16. The Morgan fingerprint density at radius 2 is 1.92 bits per heavy atom. The SMILES string of the molecule is COC(=O)c1nc(C(C)C)sc1N1CCN(C(=O)OC(C)(C)C)[C@H](C)C1. The molecule has 1 aromatic rings. The third-order valence-electron chi connectivity index (χ3n) is 4.04. The summed E-state index contributed by atoms with van der Waals surface area (Å²) < 4.78 is 10.4. The summed E-state index contributed by atoms with van der Waals surface area (Å²) in [5.74, 6) is -0.192. The van der Waals surface area contributed by atoms with Crippen LogP contribution in [-0.2, 0) is 9.47 Å². The molecule has 0 spiro atoms. The Labute approximate surface area is 159 Å². The van der Waals surface area contributed by atoms with Crippen molar-refractivity contribution in [2.75, 3.05) is 31.6 Å². The number of rotatable bonds is 3. The molecule has 146 valence electrons. The molecule has 1 amide bonds. The van der Waals surface area contributed by atoms with Gasteiger partial charge >= 0.3 is 12.1 Å². The molecule has 0 bridgehead atoms. The lowest BCUT2D eigenvalue weighted by Gasteiger charge is -2.40. The Bertz CT molecular complexity index is 666. The van der Waals surface area contributed by atoms with Crippen LogP contribution < -0.4 is 4.90 Å². The van der Waals surface area contributed by atoms with Crippen LogP contribution in [0, 0.1) is 0 Å². The number of hydrogen-bond donors (Lipinski definition) is 0. The highest BCUT2D eigenvalue weighted by Gasteiger charge is 2.33. The molecule has 2 heterocycles. The zero-order valence-electron chi connectivity index (χ0n) is 16.7. The van der Waals surface area contributed by atoms with Gasteiger partial charge in [0.2, 0.25) is 0 Å². The topological polar surface area (TPSA) is 72.0 Å². The van der Waals surface area contributed by atoms with Crippen LogP contribution in [0.25, 0.3) is 0 Å². The first-order valence-corrected chi connectivity index (χ1v) is 9.68. The number of methoxy groups -OCH3 is 1. The smallest absolute Gasteiger partial charge is 0.410 e. The maximum absolute atomic E-state index is 12.4. The number of thiazole rings is 1. The summed E-state index contributed by atoms with van der Waals surface area (Å²) in [7, 11) is 1.36. The van der Waals surface area contributed by atoms with Crippen molar-refractivity contribution < 1.29 is 19.1 Å². The van der Waals surface area contributed by atoms with E-state index < -0.39 is 11.6 Å². The second-order valence-corrected chi connectivity index (χ2v) is 8.83. The summed E-state index contributed by atoms with van der Waals surface area (Å²) in [6, 6.07) is -0.0336. The molecule has 0 aliphatic carbocycles. The fourth-order valence-electron chi connectivity index (χ4n) is 2.75. The molecular formula is C18H29N3O4S. The summed E-state index contributed by atoms with van der Waals surface area (Å²) >= 11 is 1.52. The minimum absolute atomic E-state index is 0.0336. The molecule has 1 fully saturated rings. The number of amides is 1. The predicted octanol–water partition coefficient (Wildman–Crippen LogP) is 3.50. The number of nitrogens with zero attached hydrogens (tertiary/aromatic N) is 3. The van der Waals surface area contributed by atoms with Crippen molar-refractivity contribution in [3.05, 3.63) is 10.7 Å². The van der Waals surface area contributed by atoms with Crippen molar-refractivity contribution >= 4 is 28.4 Å². The lowest BCUT2D eigenvalue weighted by atomic mass is 10.2. The van der Waals surface area contributed by atoms with E-state index in [0.717, 1.165) is 10.0 Å². The Morgan fingerprint density at radius 3 is 2.42 bits per heavy atom. The zero-order valence-corrected chi connectivity index (χ0v) is 17.5. The van der Waals surface area contributed by atoms with Gasteiger partial charge in [-0.15, -0.1) is 11.3 Å². The van der Waals surface area contributed by atoms with Crippen molar-refractivity contribution in [2.24, 2.45) is 0 Å². The third kappa shape index (κ3) is 4.66. The van der Waals surface area contributed by atoms with Gasteiger partial charge in [0, 0.05) is 31.6 Å². The third-order valence-corrected chi connectivity index (χ3v) is 5.46. The zero-order chi connectivity index (χ0) is 19.6. The second-order valence-electron chi connectivity index (χ2n) is 7.82. The quantitative estimate of drug-likeness (QED) is 0.744. The first-order chi connectivity index (χ1) is 12.0. The van der Waals surface area contributed by atoms with Crippen LogP contribution in [0.1, 0.15) is 63.0 Å². The van der Waals surface area contributed by atoms with Crippen LogP contribution in [0.4, 0.5) is 9.80 Å². The van der Waals surface area contributed by atoms with Gasteiger partial charge < -0.3 is 19.3 Å². The van der Waals surface area contributed by atoms with Crippen molar-refractivity contribution in [2.45, 2.75) is 59.1 Å². The van der Waals surface area contributed by atoms with Gasteiger partial charge in [-0.1, -0.05) is 13.8 Å². The van der Waals surface area contributed by atoms with Crippen molar-refractivity contribution in [1.29, 1.82) is 0 Å². The lowest BCUT2D eigenvalue weighted by molar-refractivity contribution is 0.0158. The fourth-order valence-corrected chi connectivity index (χ4v) is 3.84. The molecule has 1 aromatic heterocycles. The monoisotopic (exact) mass is 383 g/mol. The maximum atomic E-state index is 12.4. The van der Waals surface area contributed by atoms with Gasteiger partial charge in [0.15, 0.2) is 5.69 Å².